The molecule has 0 aliphatic carbocycles. The molecule has 1 N–H and O–H groups in total. The number of aromatic nitrogens is 1. The Morgan fingerprint density at radius 1 is 1.18 bits per heavy atom. The van der Waals surface area contributed by atoms with Gasteiger partial charge >= 0.3 is 0 Å². The lowest BCUT2D eigenvalue weighted by molar-refractivity contribution is -0.114. The summed E-state index contributed by atoms with van der Waals surface area (Å²) < 4.78 is 13.8. The summed E-state index contributed by atoms with van der Waals surface area (Å²) in [5.41, 5.74) is 4.22. The molecular formula is C30H31N5O3S. The van der Waals surface area contributed by atoms with Gasteiger partial charge in [-0.3, -0.25) is 10.2 Å². The van der Waals surface area contributed by atoms with Gasteiger partial charge in [-0.25, -0.2) is 0 Å². The molecule has 0 bridgehead atoms. The summed E-state index contributed by atoms with van der Waals surface area (Å²) in [4.78, 5) is 17.2. The smallest absolute Gasteiger partial charge is 0.283 e. The molecule has 3 heterocycles. The molecule has 0 fully saturated rings. The number of hydrazone groups is 1. The number of nitrogens with zero attached hydrogens (tertiary/aromatic N) is 4. The highest BCUT2D eigenvalue weighted by Gasteiger charge is 2.35. The van der Waals surface area contributed by atoms with Crippen LogP contribution in [0.25, 0.3) is 17.0 Å². The molecule has 3 aromatic rings. The highest BCUT2D eigenvalue weighted by Crippen LogP contribution is 2.33. The zero-order chi connectivity index (χ0) is 27.5. The fourth-order valence-corrected chi connectivity index (χ4v) is 5.78. The van der Waals surface area contributed by atoms with Crippen molar-refractivity contribution in [3.8, 4) is 11.5 Å². The molecule has 0 saturated heterocycles. The summed E-state index contributed by atoms with van der Waals surface area (Å²) in [5.74, 6) is 1.00. The Balaban J connectivity index is 1.43. The van der Waals surface area contributed by atoms with E-state index >= 15 is 0 Å². The lowest BCUT2D eigenvalue weighted by Crippen LogP contribution is -2.35. The lowest BCUT2D eigenvalue weighted by atomic mass is 10.1. The summed E-state index contributed by atoms with van der Waals surface area (Å²) in [6.07, 6.45) is 6.13. The van der Waals surface area contributed by atoms with Crippen LogP contribution in [0.5, 0.6) is 11.5 Å². The fraction of sp³-hybridized carbons (Fsp3) is 0.267. The van der Waals surface area contributed by atoms with Gasteiger partial charge < -0.3 is 14.0 Å². The molecule has 1 aromatic heterocycles. The first-order chi connectivity index (χ1) is 18.9. The van der Waals surface area contributed by atoms with Crippen LogP contribution in [0.15, 0.2) is 70.8 Å². The molecule has 8 nitrogen and oxygen atoms in total. The SMILES string of the molecule is C=CCc1ccc(OCCn2c(C)c(/C=C3/C(=N)N4N=C(CCC)SC4=NC3=O)c3ccccc32)c(OC)c1. The second kappa shape index (κ2) is 11.3. The Bertz CT molecular complexity index is 1570. The molecule has 39 heavy (non-hydrogen) atoms. The Kier molecular flexibility index (Phi) is 7.70. The maximum Gasteiger partial charge on any atom is 0.283 e. The van der Waals surface area contributed by atoms with Gasteiger partial charge in [0, 0.05) is 22.2 Å². The average molecular weight is 542 g/mol. The highest BCUT2D eigenvalue weighted by atomic mass is 32.2. The van der Waals surface area contributed by atoms with E-state index in [1.807, 2.05) is 49.4 Å². The molecule has 0 saturated carbocycles. The van der Waals surface area contributed by atoms with E-state index in [2.05, 4.69) is 34.2 Å². The van der Waals surface area contributed by atoms with Crippen molar-refractivity contribution in [2.45, 2.75) is 39.7 Å². The molecule has 2 aromatic carbocycles. The molecule has 0 atom stereocenters. The van der Waals surface area contributed by atoms with Crippen LogP contribution < -0.4 is 9.47 Å². The van der Waals surface area contributed by atoms with Crippen molar-refractivity contribution in [2.75, 3.05) is 13.7 Å². The molecule has 2 aliphatic heterocycles. The number of carbonyl (C=O) groups excluding carboxylic acids is 1. The number of rotatable bonds is 10. The van der Waals surface area contributed by atoms with Crippen molar-refractivity contribution in [3.05, 3.63) is 77.5 Å². The first-order valence-electron chi connectivity index (χ1n) is 12.9. The van der Waals surface area contributed by atoms with Gasteiger partial charge in [0.25, 0.3) is 5.91 Å². The van der Waals surface area contributed by atoms with Crippen LogP contribution in [0, 0.1) is 12.3 Å². The predicted molar refractivity (Wildman–Crippen MR) is 159 cm³/mol. The molecule has 0 spiro atoms. The number of nitrogens with one attached hydrogen (secondary N) is 1. The number of fused-ring (bicyclic) bond motifs is 2. The number of benzene rings is 2. The third-order valence-electron chi connectivity index (χ3n) is 6.71. The molecule has 2 aliphatic rings. The van der Waals surface area contributed by atoms with Crippen molar-refractivity contribution in [2.24, 2.45) is 10.1 Å². The summed E-state index contributed by atoms with van der Waals surface area (Å²) in [5, 5.41) is 17.1. The average Bonchev–Trinajstić information content (AvgIpc) is 3.45. The number of amides is 1. The molecule has 0 unspecified atom stereocenters. The zero-order valence-corrected chi connectivity index (χ0v) is 23.2. The van der Waals surface area contributed by atoms with Crippen molar-refractivity contribution < 1.29 is 14.3 Å². The summed E-state index contributed by atoms with van der Waals surface area (Å²) in [6, 6.07) is 14.0. The van der Waals surface area contributed by atoms with Crippen molar-refractivity contribution in [1.82, 2.24) is 9.58 Å². The Hall–Kier alpha value is -4.11. The summed E-state index contributed by atoms with van der Waals surface area (Å²) in [7, 11) is 1.64. The van der Waals surface area contributed by atoms with E-state index in [9.17, 15) is 4.79 Å². The molecule has 1 amide bonds. The van der Waals surface area contributed by atoms with E-state index in [0.717, 1.165) is 52.0 Å². The molecule has 200 valence electrons. The van der Waals surface area contributed by atoms with Crippen LogP contribution in [-0.2, 0) is 17.8 Å². The van der Waals surface area contributed by atoms with Gasteiger partial charge in [-0.05, 0) is 67.8 Å². The first-order valence-corrected chi connectivity index (χ1v) is 13.7. The summed E-state index contributed by atoms with van der Waals surface area (Å²) in [6.45, 7) is 8.91. The number of para-hydroxylation sites is 1. The zero-order valence-electron chi connectivity index (χ0n) is 22.4. The first kappa shape index (κ1) is 26.5. The number of methoxy groups -OCH3 is 1. The van der Waals surface area contributed by atoms with E-state index in [1.54, 1.807) is 13.2 Å². The monoisotopic (exact) mass is 541 g/mol. The standard InChI is InChI=1S/C30H31N5O3S/c1-5-9-20-13-14-25(26(17-20)37-4)38-16-15-34-19(3)22(21-11-7-8-12-24(21)34)18-23-28(31)35-30(32-29(23)36)39-27(33-35)10-6-2/h5,7-8,11-14,17-18,31H,1,6,9-10,15-16H2,2-4H3/b23-18-,31-28?. The number of hydrogen-bond acceptors (Lipinski definition) is 6. The number of hydrogen-bond donors (Lipinski definition) is 1. The largest absolute Gasteiger partial charge is 0.493 e. The second-order valence-corrected chi connectivity index (χ2v) is 10.3. The van der Waals surface area contributed by atoms with Gasteiger partial charge in [-0.15, -0.1) is 6.58 Å². The predicted octanol–water partition coefficient (Wildman–Crippen LogP) is 6.19. The number of ether oxygens (including phenoxy) is 2. The van der Waals surface area contributed by atoms with Gasteiger partial charge in [-0.1, -0.05) is 37.3 Å². The van der Waals surface area contributed by atoms with Gasteiger partial charge in [0.05, 0.1) is 19.2 Å². The van der Waals surface area contributed by atoms with E-state index in [-0.39, 0.29) is 11.4 Å². The van der Waals surface area contributed by atoms with Crippen LogP contribution in [-0.4, -0.2) is 45.2 Å². The summed E-state index contributed by atoms with van der Waals surface area (Å²) >= 11 is 1.36. The van der Waals surface area contributed by atoms with Crippen molar-refractivity contribution >= 4 is 50.7 Å². The number of aliphatic imine (C=N–C) groups is 1. The topological polar surface area (TPSA) is 92.3 Å². The normalized spacial score (nSPS) is 16.0. The second-order valence-electron chi connectivity index (χ2n) is 9.26. The fourth-order valence-electron chi connectivity index (χ4n) is 4.79. The van der Waals surface area contributed by atoms with Crippen molar-refractivity contribution in [1.29, 1.82) is 5.41 Å². The molecular weight excluding hydrogens is 510 g/mol. The van der Waals surface area contributed by atoms with E-state index < -0.39 is 5.91 Å². The third-order valence-corrected chi connectivity index (χ3v) is 7.68. The Labute approximate surface area is 232 Å². The number of amidine groups is 2. The van der Waals surface area contributed by atoms with Crippen LogP contribution >= 0.6 is 11.8 Å². The Morgan fingerprint density at radius 3 is 2.77 bits per heavy atom. The maximum absolute atomic E-state index is 13.0. The van der Waals surface area contributed by atoms with Crippen LogP contribution in [0.3, 0.4) is 0 Å². The minimum absolute atomic E-state index is 0.0511. The van der Waals surface area contributed by atoms with Gasteiger partial charge in [0.1, 0.15) is 11.7 Å². The quantitative estimate of drug-likeness (QED) is 0.244. The highest BCUT2D eigenvalue weighted by molar-refractivity contribution is 8.26. The molecule has 5 rings (SSSR count). The number of carbonyl (C=O) groups is 1. The maximum atomic E-state index is 13.0. The van der Waals surface area contributed by atoms with Crippen molar-refractivity contribution in [3.63, 3.8) is 0 Å². The van der Waals surface area contributed by atoms with Gasteiger partial charge in [0.2, 0.25) is 5.17 Å². The van der Waals surface area contributed by atoms with E-state index in [4.69, 9.17) is 14.9 Å². The van der Waals surface area contributed by atoms with Gasteiger partial charge in [-0.2, -0.15) is 15.1 Å². The lowest BCUT2D eigenvalue weighted by Gasteiger charge is -2.20. The minimum atomic E-state index is -0.418. The van der Waals surface area contributed by atoms with E-state index in [1.165, 1.54) is 16.8 Å². The minimum Gasteiger partial charge on any atom is -0.493 e. The molecule has 0 radical (unpaired) electrons. The van der Waals surface area contributed by atoms with Crippen LogP contribution in [0.1, 0.15) is 36.6 Å². The van der Waals surface area contributed by atoms with E-state index in [0.29, 0.717) is 29.8 Å². The van der Waals surface area contributed by atoms with Gasteiger partial charge in [0.15, 0.2) is 17.3 Å². The van der Waals surface area contributed by atoms with Crippen LogP contribution in [0.2, 0.25) is 0 Å². The molecule has 9 heteroatoms. The number of allylic oxidation sites excluding steroid dienone is 1. The third kappa shape index (κ3) is 5.14. The van der Waals surface area contributed by atoms with Crippen LogP contribution in [0.4, 0.5) is 0 Å². The number of thioether (sulfide) groups is 1. The Morgan fingerprint density at radius 2 is 2.00 bits per heavy atom.